The average Bonchev–Trinajstić information content (AvgIpc) is 2.88. The Balaban J connectivity index is 2.25. The van der Waals surface area contributed by atoms with Gasteiger partial charge in [0.2, 0.25) is 0 Å². The maximum Gasteiger partial charge on any atom is 0.122 e. The first-order valence-electron chi connectivity index (χ1n) is 6.70. The first-order valence-corrected chi connectivity index (χ1v) is 6.70. The van der Waals surface area contributed by atoms with E-state index in [1.807, 2.05) is 6.07 Å². The molecule has 1 aliphatic rings. The molecule has 2 N–H and O–H groups in total. The summed E-state index contributed by atoms with van der Waals surface area (Å²) >= 11 is 0. The SMILES string of the molecule is CCc1ccc(OC)c(CC2(CO)CCNC2)c1. The Labute approximate surface area is 109 Å². The molecule has 1 aromatic rings. The maximum atomic E-state index is 9.69. The third kappa shape index (κ3) is 2.68. The first-order chi connectivity index (χ1) is 8.73. The molecule has 18 heavy (non-hydrogen) atoms. The number of methoxy groups -OCH3 is 1. The molecule has 0 aromatic heterocycles. The molecule has 1 atom stereocenters. The van der Waals surface area contributed by atoms with E-state index in [-0.39, 0.29) is 12.0 Å². The van der Waals surface area contributed by atoms with Gasteiger partial charge < -0.3 is 15.2 Å². The lowest BCUT2D eigenvalue weighted by molar-refractivity contribution is 0.142. The van der Waals surface area contributed by atoms with Crippen molar-refractivity contribution in [2.75, 3.05) is 26.8 Å². The Morgan fingerprint density at radius 2 is 2.28 bits per heavy atom. The average molecular weight is 249 g/mol. The van der Waals surface area contributed by atoms with E-state index in [9.17, 15) is 5.11 Å². The van der Waals surface area contributed by atoms with Gasteiger partial charge in [0.15, 0.2) is 0 Å². The van der Waals surface area contributed by atoms with E-state index >= 15 is 0 Å². The van der Waals surface area contributed by atoms with Gasteiger partial charge in [-0.2, -0.15) is 0 Å². The molecule has 0 radical (unpaired) electrons. The van der Waals surface area contributed by atoms with Crippen LogP contribution in [0, 0.1) is 5.41 Å². The minimum atomic E-state index is -0.0142. The van der Waals surface area contributed by atoms with Crippen LogP contribution in [0.25, 0.3) is 0 Å². The van der Waals surface area contributed by atoms with E-state index in [4.69, 9.17) is 4.74 Å². The molecule has 0 amide bonds. The maximum absolute atomic E-state index is 9.69. The largest absolute Gasteiger partial charge is 0.496 e. The van der Waals surface area contributed by atoms with E-state index < -0.39 is 0 Å². The van der Waals surface area contributed by atoms with Crippen molar-refractivity contribution in [2.45, 2.75) is 26.2 Å². The molecule has 3 nitrogen and oxygen atoms in total. The molecule has 1 saturated heterocycles. The minimum Gasteiger partial charge on any atom is -0.496 e. The zero-order valence-electron chi connectivity index (χ0n) is 11.3. The quantitative estimate of drug-likeness (QED) is 0.835. The summed E-state index contributed by atoms with van der Waals surface area (Å²) in [5.74, 6) is 0.937. The lowest BCUT2D eigenvalue weighted by Crippen LogP contribution is -2.30. The Bertz CT molecular complexity index is 397. The summed E-state index contributed by atoms with van der Waals surface area (Å²) < 4.78 is 5.44. The van der Waals surface area contributed by atoms with Gasteiger partial charge in [-0.25, -0.2) is 0 Å². The Kier molecular flexibility index (Phi) is 4.25. The van der Waals surface area contributed by atoms with Crippen LogP contribution in [0.4, 0.5) is 0 Å². The zero-order chi connectivity index (χ0) is 13.0. The summed E-state index contributed by atoms with van der Waals surface area (Å²) in [6, 6.07) is 6.37. The number of hydrogen-bond acceptors (Lipinski definition) is 3. The summed E-state index contributed by atoms with van der Waals surface area (Å²) in [5, 5.41) is 13.0. The van der Waals surface area contributed by atoms with Gasteiger partial charge in [0.25, 0.3) is 0 Å². The van der Waals surface area contributed by atoms with Crippen LogP contribution in [0.1, 0.15) is 24.5 Å². The second-order valence-electron chi connectivity index (χ2n) is 5.26. The van der Waals surface area contributed by atoms with Crippen molar-refractivity contribution >= 4 is 0 Å². The molecule has 1 heterocycles. The van der Waals surface area contributed by atoms with E-state index in [0.717, 1.165) is 38.1 Å². The third-order valence-corrected chi connectivity index (χ3v) is 3.99. The predicted octanol–water partition coefficient (Wildman–Crippen LogP) is 1.77. The summed E-state index contributed by atoms with van der Waals surface area (Å²) in [6.07, 6.45) is 2.94. The highest BCUT2D eigenvalue weighted by atomic mass is 16.5. The molecule has 0 bridgehead atoms. The van der Waals surface area contributed by atoms with Crippen LogP contribution in [0.15, 0.2) is 18.2 Å². The molecule has 1 aromatic carbocycles. The molecule has 3 heteroatoms. The lowest BCUT2D eigenvalue weighted by Gasteiger charge is -2.26. The van der Waals surface area contributed by atoms with Crippen molar-refractivity contribution in [3.63, 3.8) is 0 Å². The Morgan fingerprint density at radius 3 is 2.83 bits per heavy atom. The highest BCUT2D eigenvalue weighted by Gasteiger charge is 2.34. The fraction of sp³-hybridized carbons (Fsp3) is 0.600. The Hall–Kier alpha value is -1.06. The number of aliphatic hydroxyl groups is 1. The van der Waals surface area contributed by atoms with Gasteiger partial charge in [0.1, 0.15) is 5.75 Å². The van der Waals surface area contributed by atoms with E-state index in [0.29, 0.717) is 0 Å². The molecule has 0 saturated carbocycles. The van der Waals surface area contributed by atoms with Crippen LogP contribution in [0.3, 0.4) is 0 Å². The second kappa shape index (κ2) is 5.72. The van der Waals surface area contributed by atoms with E-state index in [1.165, 1.54) is 11.1 Å². The van der Waals surface area contributed by atoms with Gasteiger partial charge in [-0.15, -0.1) is 0 Å². The molecule has 1 unspecified atom stereocenters. The van der Waals surface area contributed by atoms with Crippen molar-refractivity contribution < 1.29 is 9.84 Å². The molecule has 1 fully saturated rings. The molecule has 1 aliphatic heterocycles. The van der Waals surface area contributed by atoms with Crippen molar-refractivity contribution in [1.82, 2.24) is 5.32 Å². The summed E-state index contributed by atoms with van der Waals surface area (Å²) in [6.45, 7) is 4.28. The van der Waals surface area contributed by atoms with Crippen LogP contribution in [0.5, 0.6) is 5.75 Å². The molecular weight excluding hydrogens is 226 g/mol. The van der Waals surface area contributed by atoms with Gasteiger partial charge >= 0.3 is 0 Å². The second-order valence-corrected chi connectivity index (χ2v) is 5.26. The highest BCUT2D eigenvalue weighted by Crippen LogP contribution is 2.33. The van der Waals surface area contributed by atoms with Crippen LogP contribution < -0.4 is 10.1 Å². The fourth-order valence-electron chi connectivity index (χ4n) is 2.73. The van der Waals surface area contributed by atoms with Gasteiger partial charge in [0, 0.05) is 12.0 Å². The van der Waals surface area contributed by atoms with E-state index in [1.54, 1.807) is 7.11 Å². The van der Waals surface area contributed by atoms with Crippen LogP contribution in [-0.2, 0) is 12.8 Å². The van der Waals surface area contributed by atoms with Crippen molar-refractivity contribution in [3.8, 4) is 5.75 Å². The molecule has 2 rings (SSSR count). The third-order valence-electron chi connectivity index (χ3n) is 3.99. The first kappa shape index (κ1) is 13.4. The Morgan fingerprint density at radius 1 is 1.44 bits per heavy atom. The normalized spacial score (nSPS) is 23.3. The van der Waals surface area contributed by atoms with Gasteiger partial charge in [-0.1, -0.05) is 19.1 Å². The molecule has 0 spiro atoms. The van der Waals surface area contributed by atoms with Crippen LogP contribution in [0.2, 0.25) is 0 Å². The number of rotatable bonds is 5. The predicted molar refractivity (Wildman–Crippen MR) is 73.1 cm³/mol. The number of aliphatic hydroxyl groups excluding tert-OH is 1. The summed E-state index contributed by atoms with van der Waals surface area (Å²) in [7, 11) is 1.71. The number of aryl methyl sites for hydroxylation is 1. The minimum absolute atomic E-state index is 0.0142. The van der Waals surface area contributed by atoms with Gasteiger partial charge in [-0.05, 0) is 43.0 Å². The summed E-state index contributed by atoms with van der Waals surface area (Å²) in [4.78, 5) is 0. The number of ether oxygens (including phenoxy) is 1. The standard InChI is InChI=1S/C15H23NO2/c1-3-12-4-5-14(18-2)13(8-12)9-15(11-17)6-7-16-10-15/h4-5,8,16-17H,3,6-7,9-11H2,1-2H3. The van der Waals surface area contributed by atoms with Crippen molar-refractivity contribution in [2.24, 2.45) is 5.41 Å². The zero-order valence-corrected chi connectivity index (χ0v) is 11.3. The molecular formula is C15H23NO2. The van der Waals surface area contributed by atoms with Gasteiger partial charge in [-0.3, -0.25) is 0 Å². The lowest BCUT2D eigenvalue weighted by atomic mass is 9.81. The summed E-state index contributed by atoms with van der Waals surface area (Å²) in [5.41, 5.74) is 2.53. The van der Waals surface area contributed by atoms with Crippen molar-refractivity contribution in [3.05, 3.63) is 29.3 Å². The monoisotopic (exact) mass is 249 g/mol. The number of nitrogens with one attached hydrogen (secondary N) is 1. The van der Waals surface area contributed by atoms with Crippen LogP contribution in [-0.4, -0.2) is 31.9 Å². The topological polar surface area (TPSA) is 41.5 Å². The number of hydrogen-bond donors (Lipinski definition) is 2. The van der Waals surface area contributed by atoms with Crippen LogP contribution >= 0.6 is 0 Å². The smallest absolute Gasteiger partial charge is 0.122 e. The van der Waals surface area contributed by atoms with Gasteiger partial charge in [0.05, 0.1) is 13.7 Å². The molecule has 0 aliphatic carbocycles. The highest BCUT2D eigenvalue weighted by molar-refractivity contribution is 5.38. The van der Waals surface area contributed by atoms with Crippen molar-refractivity contribution in [1.29, 1.82) is 0 Å². The number of benzene rings is 1. The van der Waals surface area contributed by atoms with E-state index in [2.05, 4.69) is 24.4 Å². The fourth-order valence-corrected chi connectivity index (χ4v) is 2.73. The molecule has 100 valence electrons.